The standard InChI is InChI=1S/C16H16N2O4/c1-22-13-9-11(14(15(19)20)18-16(17)21)7-8-12(13)10-5-3-2-4-6-10/h2-9,14H,1H3,(H,19,20)(H3,17,18,21). The zero-order valence-corrected chi connectivity index (χ0v) is 11.9. The monoisotopic (exact) mass is 300 g/mol. The van der Waals surface area contributed by atoms with Gasteiger partial charge in [-0.05, 0) is 17.2 Å². The fourth-order valence-corrected chi connectivity index (χ4v) is 2.17. The third-order valence-electron chi connectivity index (χ3n) is 3.18. The highest BCUT2D eigenvalue weighted by atomic mass is 16.5. The summed E-state index contributed by atoms with van der Waals surface area (Å²) in [5, 5.41) is 11.4. The van der Waals surface area contributed by atoms with Crippen molar-refractivity contribution in [2.75, 3.05) is 7.11 Å². The molecule has 0 saturated carbocycles. The number of benzene rings is 2. The largest absolute Gasteiger partial charge is 0.496 e. The highest BCUT2D eigenvalue weighted by molar-refractivity contribution is 5.83. The lowest BCUT2D eigenvalue weighted by Gasteiger charge is -2.16. The maximum absolute atomic E-state index is 11.3. The summed E-state index contributed by atoms with van der Waals surface area (Å²) in [6.45, 7) is 0. The average Bonchev–Trinajstić information content (AvgIpc) is 2.52. The van der Waals surface area contributed by atoms with Crippen molar-refractivity contribution in [1.29, 1.82) is 0 Å². The van der Waals surface area contributed by atoms with Crippen molar-refractivity contribution in [1.82, 2.24) is 5.32 Å². The number of carbonyl (C=O) groups excluding carboxylic acids is 1. The lowest BCUT2D eigenvalue weighted by atomic mass is 9.99. The van der Waals surface area contributed by atoms with E-state index in [1.165, 1.54) is 7.11 Å². The maximum atomic E-state index is 11.3. The fourth-order valence-electron chi connectivity index (χ4n) is 2.17. The Hall–Kier alpha value is -3.02. The van der Waals surface area contributed by atoms with E-state index in [0.29, 0.717) is 11.3 Å². The Balaban J connectivity index is 2.44. The molecule has 4 N–H and O–H groups in total. The minimum Gasteiger partial charge on any atom is -0.496 e. The number of carboxylic acid groups (broad SMARTS) is 1. The summed E-state index contributed by atoms with van der Waals surface area (Å²) in [6.07, 6.45) is 0. The first-order valence-corrected chi connectivity index (χ1v) is 6.55. The Morgan fingerprint density at radius 3 is 2.41 bits per heavy atom. The molecule has 0 heterocycles. The first-order valence-electron chi connectivity index (χ1n) is 6.55. The molecule has 0 fully saturated rings. The minimum absolute atomic E-state index is 0.378. The fraction of sp³-hybridized carbons (Fsp3) is 0.125. The van der Waals surface area contributed by atoms with Crippen LogP contribution in [-0.2, 0) is 4.79 Å². The summed E-state index contributed by atoms with van der Waals surface area (Å²) < 4.78 is 5.34. The summed E-state index contributed by atoms with van der Waals surface area (Å²) in [6, 6.07) is 12.4. The highest BCUT2D eigenvalue weighted by Crippen LogP contribution is 2.32. The molecule has 22 heavy (non-hydrogen) atoms. The number of carbonyl (C=O) groups is 2. The number of rotatable bonds is 5. The van der Waals surface area contributed by atoms with E-state index in [4.69, 9.17) is 10.5 Å². The Morgan fingerprint density at radius 1 is 1.18 bits per heavy atom. The van der Waals surface area contributed by atoms with E-state index < -0.39 is 18.0 Å². The molecule has 0 aliphatic heterocycles. The van der Waals surface area contributed by atoms with Crippen LogP contribution in [0.2, 0.25) is 0 Å². The van der Waals surface area contributed by atoms with Crippen LogP contribution in [-0.4, -0.2) is 24.2 Å². The van der Waals surface area contributed by atoms with Crippen LogP contribution >= 0.6 is 0 Å². The molecule has 0 saturated heterocycles. The molecule has 0 aromatic heterocycles. The molecule has 1 atom stereocenters. The van der Waals surface area contributed by atoms with E-state index in [0.717, 1.165) is 11.1 Å². The number of amides is 2. The van der Waals surface area contributed by atoms with E-state index in [1.807, 2.05) is 30.3 Å². The molecule has 6 heteroatoms. The molecule has 0 aliphatic carbocycles. The van der Waals surface area contributed by atoms with Crippen LogP contribution in [0.1, 0.15) is 11.6 Å². The van der Waals surface area contributed by atoms with Crippen molar-refractivity contribution in [2.45, 2.75) is 6.04 Å². The van der Waals surface area contributed by atoms with E-state index in [9.17, 15) is 14.7 Å². The second kappa shape index (κ2) is 6.62. The van der Waals surface area contributed by atoms with Crippen LogP contribution in [0, 0.1) is 0 Å². The number of urea groups is 1. The molecular weight excluding hydrogens is 284 g/mol. The van der Waals surface area contributed by atoms with Gasteiger partial charge in [0.25, 0.3) is 0 Å². The molecule has 2 rings (SSSR count). The van der Waals surface area contributed by atoms with Gasteiger partial charge in [-0.25, -0.2) is 9.59 Å². The third-order valence-corrected chi connectivity index (χ3v) is 3.18. The first-order chi connectivity index (χ1) is 10.5. The maximum Gasteiger partial charge on any atom is 0.330 e. The molecule has 0 spiro atoms. The molecule has 0 aliphatic rings. The zero-order chi connectivity index (χ0) is 16.1. The molecule has 1 unspecified atom stereocenters. The van der Waals surface area contributed by atoms with Gasteiger partial charge in [-0.2, -0.15) is 0 Å². The summed E-state index contributed by atoms with van der Waals surface area (Å²) in [5.41, 5.74) is 7.17. The Bertz CT molecular complexity index is 686. The molecule has 6 nitrogen and oxygen atoms in total. The van der Waals surface area contributed by atoms with Crippen molar-refractivity contribution < 1.29 is 19.4 Å². The van der Waals surface area contributed by atoms with E-state index in [2.05, 4.69) is 5.32 Å². The van der Waals surface area contributed by atoms with Gasteiger partial charge in [0, 0.05) is 5.56 Å². The number of nitrogens with one attached hydrogen (secondary N) is 1. The lowest BCUT2D eigenvalue weighted by Crippen LogP contribution is -2.37. The summed E-state index contributed by atoms with van der Waals surface area (Å²) in [5.74, 6) is -0.686. The Morgan fingerprint density at radius 2 is 1.86 bits per heavy atom. The van der Waals surface area contributed by atoms with Crippen molar-refractivity contribution in [3.8, 4) is 16.9 Å². The number of aliphatic carboxylic acids is 1. The smallest absolute Gasteiger partial charge is 0.330 e. The number of ether oxygens (including phenoxy) is 1. The molecule has 0 radical (unpaired) electrons. The minimum atomic E-state index is -1.23. The van der Waals surface area contributed by atoms with Crippen molar-refractivity contribution in [2.24, 2.45) is 5.73 Å². The summed E-state index contributed by atoms with van der Waals surface area (Å²) in [4.78, 5) is 22.2. The van der Waals surface area contributed by atoms with E-state index >= 15 is 0 Å². The van der Waals surface area contributed by atoms with Gasteiger partial charge in [0.15, 0.2) is 6.04 Å². The predicted molar refractivity (Wildman–Crippen MR) is 81.5 cm³/mol. The third kappa shape index (κ3) is 3.35. The van der Waals surface area contributed by atoms with Gasteiger partial charge in [0.2, 0.25) is 0 Å². The molecular formula is C16H16N2O4. The summed E-state index contributed by atoms with van der Waals surface area (Å²) >= 11 is 0. The Kier molecular flexibility index (Phi) is 4.63. The number of methoxy groups -OCH3 is 1. The van der Waals surface area contributed by atoms with Crippen molar-refractivity contribution >= 4 is 12.0 Å². The van der Waals surface area contributed by atoms with Crippen LogP contribution in [0.4, 0.5) is 4.79 Å². The first kappa shape index (κ1) is 15.4. The second-order valence-electron chi connectivity index (χ2n) is 4.61. The number of hydrogen-bond donors (Lipinski definition) is 3. The Labute approximate surface area is 127 Å². The second-order valence-corrected chi connectivity index (χ2v) is 4.61. The number of nitrogens with two attached hydrogens (primary N) is 1. The average molecular weight is 300 g/mol. The van der Waals surface area contributed by atoms with Crippen LogP contribution in [0.25, 0.3) is 11.1 Å². The quantitative estimate of drug-likeness (QED) is 0.787. The topological polar surface area (TPSA) is 102 Å². The zero-order valence-electron chi connectivity index (χ0n) is 11.9. The molecule has 0 bridgehead atoms. The summed E-state index contributed by atoms with van der Waals surface area (Å²) in [7, 11) is 1.50. The van der Waals surface area contributed by atoms with Crippen molar-refractivity contribution in [3.05, 3.63) is 54.1 Å². The van der Waals surface area contributed by atoms with Gasteiger partial charge < -0.3 is 20.9 Å². The van der Waals surface area contributed by atoms with Crippen molar-refractivity contribution in [3.63, 3.8) is 0 Å². The van der Waals surface area contributed by atoms with E-state index in [-0.39, 0.29) is 0 Å². The predicted octanol–water partition coefficient (Wildman–Crippen LogP) is 2.16. The molecule has 2 aromatic carbocycles. The van der Waals surface area contributed by atoms with Gasteiger partial charge in [-0.3, -0.25) is 0 Å². The number of primary amides is 1. The molecule has 2 aromatic rings. The highest BCUT2D eigenvalue weighted by Gasteiger charge is 2.22. The van der Waals surface area contributed by atoms with Crippen LogP contribution < -0.4 is 15.8 Å². The molecule has 114 valence electrons. The van der Waals surface area contributed by atoms with Gasteiger partial charge in [0.05, 0.1) is 7.11 Å². The van der Waals surface area contributed by atoms with Crippen LogP contribution in [0.15, 0.2) is 48.5 Å². The SMILES string of the molecule is COc1cc(C(NC(N)=O)C(=O)O)ccc1-c1ccccc1. The van der Waals surface area contributed by atoms with Gasteiger partial charge in [-0.1, -0.05) is 42.5 Å². The number of carboxylic acids is 1. The van der Waals surface area contributed by atoms with Crippen LogP contribution in [0.5, 0.6) is 5.75 Å². The van der Waals surface area contributed by atoms with Gasteiger partial charge >= 0.3 is 12.0 Å². The van der Waals surface area contributed by atoms with Gasteiger partial charge in [-0.15, -0.1) is 0 Å². The number of hydrogen-bond acceptors (Lipinski definition) is 3. The van der Waals surface area contributed by atoms with Gasteiger partial charge in [0.1, 0.15) is 5.75 Å². The van der Waals surface area contributed by atoms with Crippen LogP contribution in [0.3, 0.4) is 0 Å². The molecule has 2 amide bonds. The normalized spacial score (nSPS) is 11.5. The van der Waals surface area contributed by atoms with E-state index in [1.54, 1.807) is 18.2 Å². The lowest BCUT2D eigenvalue weighted by molar-refractivity contribution is -0.139.